The molecule has 1 heterocycles. The van der Waals surface area contributed by atoms with Gasteiger partial charge in [0.25, 0.3) is 0 Å². The first kappa shape index (κ1) is 17.4. The maximum atomic E-state index is 14.3. The Morgan fingerprint density at radius 3 is 2.33 bits per heavy atom. The Morgan fingerprint density at radius 2 is 1.71 bits per heavy atom. The second kappa shape index (κ2) is 7.66. The molecule has 0 unspecified atom stereocenters. The third-order valence-corrected chi connectivity index (χ3v) is 7.93. The SMILES string of the molecule is CCOc1ccc(-c2ccc(C3CC[SiH](Cl)CC3)cc2)c(F)c1F. The molecule has 24 heavy (non-hydrogen) atoms. The second-order valence-electron chi connectivity index (χ2n) is 6.24. The van der Waals surface area contributed by atoms with Crippen LogP contribution in [0, 0.1) is 11.6 Å². The maximum Gasteiger partial charge on any atom is 0.201 e. The van der Waals surface area contributed by atoms with Crippen molar-refractivity contribution in [3.63, 3.8) is 0 Å². The highest BCUT2D eigenvalue weighted by Crippen LogP contribution is 2.36. The van der Waals surface area contributed by atoms with Gasteiger partial charge >= 0.3 is 0 Å². The van der Waals surface area contributed by atoms with Crippen molar-refractivity contribution in [2.24, 2.45) is 0 Å². The third kappa shape index (κ3) is 3.65. The molecule has 0 aliphatic carbocycles. The van der Waals surface area contributed by atoms with Gasteiger partial charge in [-0.15, -0.1) is 0 Å². The Morgan fingerprint density at radius 1 is 1.04 bits per heavy atom. The zero-order valence-corrected chi connectivity index (χ0v) is 15.6. The van der Waals surface area contributed by atoms with Gasteiger partial charge in [0.15, 0.2) is 11.6 Å². The topological polar surface area (TPSA) is 9.23 Å². The Labute approximate surface area is 147 Å². The molecule has 5 heteroatoms. The molecule has 2 aromatic rings. The van der Waals surface area contributed by atoms with Crippen molar-refractivity contribution in [1.82, 2.24) is 0 Å². The quantitative estimate of drug-likeness (QED) is 0.485. The van der Waals surface area contributed by atoms with E-state index in [1.165, 1.54) is 23.7 Å². The van der Waals surface area contributed by atoms with Crippen LogP contribution in [0.1, 0.15) is 31.2 Å². The minimum absolute atomic E-state index is 0.0441. The number of benzene rings is 2. The summed E-state index contributed by atoms with van der Waals surface area (Å²) in [5, 5.41) is 0. The van der Waals surface area contributed by atoms with Gasteiger partial charge < -0.3 is 4.74 Å². The van der Waals surface area contributed by atoms with Crippen molar-refractivity contribution in [2.45, 2.75) is 37.8 Å². The molecule has 2 aromatic carbocycles. The first-order valence-corrected chi connectivity index (χ1v) is 11.8. The number of hydrogen-bond donors (Lipinski definition) is 0. The summed E-state index contributed by atoms with van der Waals surface area (Å²) in [5.41, 5.74) is 2.21. The molecule has 1 fully saturated rings. The van der Waals surface area contributed by atoms with Gasteiger partial charge in [-0.2, -0.15) is 15.5 Å². The first-order chi connectivity index (χ1) is 11.6. The van der Waals surface area contributed by atoms with E-state index in [2.05, 4.69) is 0 Å². The average molecular weight is 367 g/mol. The molecule has 0 bridgehead atoms. The zero-order chi connectivity index (χ0) is 17.1. The van der Waals surface area contributed by atoms with Gasteiger partial charge in [0.1, 0.15) is 8.11 Å². The van der Waals surface area contributed by atoms with Gasteiger partial charge in [-0.05, 0) is 61.0 Å². The molecule has 1 saturated heterocycles. The van der Waals surface area contributed by atoms with Crippen LogP contribution in [0.4, 0.5) is 8.78 Å². The molecule has 1 aliphatic heterocycles. The van der Waals surface area contributed by atoms with Crippen LogP contribution in [0.5, 0.6) is 5.75 Å². The van der Waals surface area contributed by atoms with Crippen LogP contribution >= 0.6 is 11.1 Å². The summed E-state index contributed by atoms with van der Waals surface area (Å²) >= 11 is 6.29. The second-order valence-corrected chi connectivity index (χ2v) is 10.4. The van der Waals surface area contributed by atoms with E-state index in [1.807, 2.05) is 24.3 Å². The molecule has 3 rings (SSSR count). The molecule has 0 spiro atoms. The lowest BCUT2D eigenvalue weighted by Crippen LogP contribution is -2.14. The van der Waals surface area contributed by atoms with Crippen molar-refractivity contribution >= 4 is 19.2 Å². The molecule has 1 nitrogen and oxygen atoms in total. The lowest BCUT2D eigenvalue weighted by atomic mass is 9.92. The maximum absolute atomic E-state index is 14.3. The Balaban J connectivity index is 1.82. The van der Waals surface area contributed by atoms with Crippen LogP contribution in [0.15, 0.2) is 36.4 Å². The Kier molecular flexibility index (Phi) is 5.56. The van der Waals surface area contributed by atoms with E-state index < -0.39 is 19.7 Å². The molecular weight excluding hydrogens is 346 g/mol. The zero-order valence-electron chi connectivity index (χ0n) is 13.7. The standard InChI is InChI=1S/C19H21ClF2OSi/c1-2-23-17-8-7-16(18(21)19(17)22)15-5-3-13(4-6-15)14-9-11-24(20)12-10-14/h3-8,14,24H,2,9-12H2,1H3. The van der Waals surface area contributed by atoms with Crippen molar-refractivity contribution in [2.75, 3.05) is 6.61 Å². The highest BCUT2D eigenvalue weighted by atomic mass is 35.6. The fraction of sp³-hybridized carbons (Fsp3) is 0.368. The Bertz CT molecular complexity index is 697. The Hall–Kier alpha value is -1.39. The summed E-state index contributed by atoms with van der Waals surface area (Å²) in [5.74, 6) is -1.29. The smallest absolute Gasteiger partial charge is 0.201 e. The van der Waals surface area contributed by atoms with E-state index in [4.69, 9.17) is 15.8 Å². The third-order valence-electron chi connectivity index (χ3n) is 4.70. The number of halogens is 3. The average Bonchev–Trinajstić information content (AvgIpc) is 2.60. The number of rotatable bonds is 4. The summed E-state index contributed by atoms with van der Waals surface area (Å²) < 4.78 is 33.4. The summed E-state index contributed by atoms with van der Waals surface area (Å²) in [6, 6.07) is 13.2. The van der Waals surface area contributed by atoms with E-state index >= 15 is 0 Å². The predicted octanol–water partition coefficient (Wildman–Crippen LogP) is 5.87. The largest absolute Gasteiger partial charge is 0.491 e. The van der Waals surface area contributed by atoms with Gasteiger partial charge in [-0.1, -0.05) is 24.3 Å². The first-order valence-electron chi connectivity index (χ1n) is 8.45. The van der Waals surface area contributed by atoms with Crippen LogP contribution in [0.2, 0.25) is 12.1 Å². The monoisotopic (exact) mass is 366 g/mol. The summed E-state index contributed by atoms with van der Waals surface area (Å²) in [6.45, 7) is 2.04. The van der Waals surface area contributed by atoms with Gasteiger partial charge in [-0.25, -0.2) is 4.39 Å². The molecule has 0 amide bonds. The van der Waals surface area contributed by atoms with Gasteiger partial charge in [0, 0.05) is 5.56 Å². The lowest BCUT2D eigenvalue weighted by molar-refractivity contribution is 0.314. The van der Waals surface area contributed by atoms with Gasteiger partial charge in [-0.3, -0.25) is 0 Å². The highest BCUT2D eigenvalue weighted by molar-refractivity contribution is 7.07. The highest BCUT2D eigenvalue weighted by Gasteiger charge is 2.22. The summed E-state index contributed by atoms with van der Waals surface area (Å²) in [6.07, 6.45) is 2.29. The number of ether oxygens (including phenoxy) is 1. The molecule has 0 aromatic heterocycles. The van der Waals surface area contributed by atoms with Gasteiger partial charge in [0.2, 0.25) is 5.82 Å². The van der Waals surface area contributed by atoms with E-state index in [0.29, 0.717) is 18.1 Å². The van der Waals surface area contributed by atoms with E-state index in [9.17, 15) is 8.78 Å². The molecule has 0 radical (unpaired) electrons. The number of hydrogen-bond acceptors (Lipinski definition) is 1. The van der Waals surface area contributed by atoms with Crippen LogP contribution < -0.4 is 4.74 Å². The molecule has 128 valence electrons. The molecular formula is C19H21ClF2OSi. The van der Waals surface area contributed by atoms with E-state index in [0.717, 1.165) is 12.8 Å². The van der Waals surface area contributed by atoms with Crippen molar-refractivity contribution in [1.29, 1.82) is 0 Å². The minimum Gasteiger partial charge on any atom is -0.491 e. The van der Waals surface area contributed by atoms with Gasteiger partial charge in [0.05, 0.1) is 6.61 Å². The lowest BCUT2D eigenvalue weighted by Gasteiger charge is -2.24. The van der Waals surface area contributed by atoms with Crippen molar-refractivity contribution in [3.8, 4) is 16.9 Å². The van der Waals surface area contributed by atoms with Crippen LogP contribution in [0.3, 0.4) is 0 Å². The predicted molar refractivity (Wildman–Crippen MR) is 97.6 cm³/mol. The van der Waals surface area contributed by atoms with Crippen LogP contribution in [-0.2, 0) is 0 Å². The molecule has 0 saturated carbocycles. The molecule has 0 N–H and O–H groups in total. The van der Waals surface area contributed by atoms with Crippen molar-refractivity contribution in [3.05, 3.63) is 53.6 Å². The van der Waals surface area contributed by atoms with E-state index in [1.54, 1.807) is 13.0 Å². The summed E-state index contributed by atoms with van der Waals surface area (Å²) in [7, 11) is -0.970. The summed E-state index contributed by atoms with van der Waals surface area (Å²) in [4.78, 5) is 0. The molecule has 1 aliphatic rings. The van der Waals surface area contributed by atoms with E-state index in [-0.39, 0.29) is 11.3 Å². The minimum atomic E-state index is -0.970. The fourth-order valence-electron chi connectivity index (χ4n) is 3.34. The van der Waals surface area contributed by atoms with Crippen molar-refractivity contribution < 1.29 is 13.5 Å². The van der Waals surface area contributed by atoms with Crippen LogP contribution in [-0.4, -0.2) is 14.7 Å². The normalized spacial score (nSPS) is 20.8. The van der Waals surface area contributed by atoms with Crippen LogP contribution in [0.25, 0.3) is 11.1 Å². The molecule has 0 atom stereocenters. The fourth-order valence-corrected chi connectivity index (χ4v) is 5.92.